The van der Waals surface area contributed by atoms with Crippen molar-refractivity contribution in [2.75, 3.05) is 18.4 Å². The second kappa shape index (κ2) is 8.33. The predicted octanol–water partition coefficient (Wildman–Crippen LogP) is 3.98. The standard InChI is InChI=1S/C22H26N4O/c27-21(26-13-11-18-8-4-5-9-19(18)16-26)20-14-24-22(25-15-20)23-12-10-17-6-2-1-3-7-17/h4-6,8-9,14-15H,1-3,7,10-13,16H2,(H,23,24,25). The number of anilines is 1. The normalized spacial score (nSPS) is 16.4. The van der Waals surface area contributed by atoms with Gasteiger partial charge in [0.15, 0.2) is 0 Å². The molecule has 5 heteroatoms. The summed E-state index contributed by atoms with van der Waals surface area (Å²) in [5.74, 6) is 0.593. The van der Waals surface area contributed by atoms with Crippen LogP contribution in [0.5, 0.6) is 0 Å². The van der Waals surface area contributed by atoms with E-state index in [9.17, 15) is 4.79 Å². The summed E-state index contributed by atoms with van der Waals surface area (Å²) in [4.78, 5) is 23.3. The Labute approximate surface area is 160 Å². The number of allylic oxidation sites excluding steroid dienone is 1. The minimum absolute atomic E-state index is 0.00316. The Hall–Kier alpha value is -2.69. The molecule has 2 aromatic rings. The third-order valence-corrected chi connectivity index (χ3v) is 5.43. The van der Waals surface area contributed by atoms with Gasteiger partial charge in [0.25, 0.3) is 5.91 Å². The van der Waals surface area contributed by atoms with Gasteiger partial charge < -0.3 is 10.2 Å². The van der Waals surface area contributed by atoms with Gasteiger partial charge in [0.1, 0.15) is 0 Å². The van der Waals surface area contributed by atoms with Crippen LogP contribution in [0.4, 0.5) is 5.95 Å². The second-order valence-electron chi connectivity index (χ2n) is 7.33. The van der Waals surface area contributed by atoms with Gasteiger partial charge in [-0.3, -0.25) is 4.79 Å². The van der Waals surface area contributed by atoms with Crippen molar-refractivity contribution >= 4 is 11.9 Å². The molecule has 1 aliphatic carbocycles. The van der Waals surface area contributed by atoms with Crippen molar-refractivity contribution in [1.29, 1.82) is 0 Å². The zero-order valence-corrected chi connectivity index (χ0v) is 15.7. The number of carbonyl (C=O) groups excluding carboxylic acids is 1. The molecule has 0 radical (unpaired) electrons. The summed E-state index contributed by atoms with van der Waals surface area (Å²) in [7, 11) is 0. The number of hydrogen-bond acceptors (Lipinski definition) is 4. The summed E-state index contributed by atoms with van der Waals surface area (Å²) in [6, 6.07) is 8.32. The van der Waals surface area contributed by atoms with Crippen LogP contribution >= 0.6 is 0 Å². The fourth-order valence-corrected chi connectivity index (χ4v) is 3.85. The van der Waals surface area contributed by atoms with Crippen molar-refractivity contribution < 1.29 is 4.79 Å². The van der Waals surface area contributed by atoms with Crippen molar-refractivity contribution in [3.05, 3.63) is 65.0 Å². The molecular weight excluding hydrogens is 336 g/mol. The lowest BCUT2D eigenvalue weighted by Gasteiger charge is -2.28. The Morgan fingerprint density at radius 3 is 2.67 bits per heavy atom. The van der Waals surface area contributed by atoms with E-state index < -0.39 is 0 Å². The third kappa shape index (κ3) is 4.35. The minimum atomic E-state index is 0.00316. The van der Waals surface area contributed by atoms with E-state index in [0.717, 1.165) is 25.9 Å². The smallest absolute Gasteiger partial charge is 0.257 e. The van der Waals surface area contributed by atoms with Crippen LogP contribution < -0.4 is 5.32 Å². The van der Waals surface area contributed by atoms with Crippen LogP contribution in [0.2, 0.25) is 0 Å². The zero-order chi connectivity index (χ0) is 18.5. The van der Waals surface area contributed by atoms with E-state index in [2.05, 4.69) is 39.6 Å². The first-order valence-electron chi connectivity index (χ1n) is 9.89. The first kappa shape index (κ1) is 17.7. The molecule has 0 bridgehead atoms. The Kier molecular flexibility index (Phi) is 5.47. The molecule has 4 rings (SSSR count). The molecule has 0 unspecified atom stereocenters. The Balaban J connectivity index is 1.32. The molecule has 1 N–H and O–H groups in total. The predicted molar refractivity (Wildman–Crippen MR) is 107 cm³/mol. The van der Waals surface area contributed by atoms with Crippen LogP contribution in [0.3, 0.4) is 0 Å². The maximum absolute atomic E-state index is 12.8. The number of nitrogens with zero attached hydrogens (tertiary/aromatic N) is 3. The number of hydrogen-bond donors (Lipinski definition) is 1. The molecule has 1 aromatic heterocycles. The van der Waals surface area contributed by atoms with E-state index in [0.29, 0.717) is 18.1 Å². The van der Waals surface area contributed by atoms with Gasteiger partial charge in [-0.25, -0.2) is 9.97 Å². The van der Waals surface area contributed by atoms with Gasteiger partial charge in [-0.1, -0.05) is 35.9 Å². The average Bonchev–Trinajstić information content (AvgIpc) is 2.74. The van der Waals surface area contributed by atoms with Crippen molar-refractivity contribution in [2.24, 2.45) is 0 Å². The van der Waals surface area contributed by atoms with Crippen LogP contribution in [0.1, 0.15) is 53.6 Å². The van der Waals surface area contributed by atoms with Crippen LogP contribution in [0.15, 0.2) is 48.3 Å². The van der Waals surface area contributed by atoms with Gasteiger partial charge in [-0.05, 0) is 49.7 Å². The Morgan fingerprint density at radius 1 is 1.07 bits per heavy atom. The highest BCUT2D eigenvalue weighted by Crippen LogP contribution is 2.21. The molecule has 0 saturated heterocycles. The van der Waals surface area contributed by atoms with Gasteiger partial charge in [-0.15, -0.1) is 0 Å². The highest BCUT2D eigenvalue weighted by molar-refractivity contribution is 5.93. The molecular formula is C22H26N4O. The van der Waals surface area contributed by atoms with Gasteiger partial charge in [0.05, 0.1) is 5.56 Å². The van der Waals surface area contributed by atoms with Crippen molar-refractivity contribution in [3.8, 4) is 0 Å². The van der Waals surface area contributed by atoms with Crippen molar-refractivity contribution in [3.63, 3.8) is 0 Å². The molecule has 27 heavy (non-hydrogen) atoms. The first-order valence-corrected chi connectivity index (χ1v) is 9.89. The van der Waals surface area contributed by atoms with Crippen LogP contribution in [-0.4, -0.2) is 33.9 Å². The number of amides is 1. The van der Waals surface area contributed by atoms with E-state index in [-0.39, 0.29) is 5.91 Å². The molecule has 1 aromatic carbocycles. The topological polar surface area (TPSA) is 58.1 Å². The fraction of sp³-hybridized carbons (Fsp3) is 0.409. The number of aromatic nitrogens is 2. The molecule has 0 spiro atoms. The second-order valence-corrected chi connectivity index (χ2v) is 7.33. The lowest BCUT2D eigenvalue weighted by Crippen LogP contribution is -2.36. The van der Waals surface area contributed by atoms with E-state index in [1.807, 2.05) is 11.0 Å². The fourth-order valence-electron chi connectivity index (χ4n) is 3.85. The average molecular weight is 362 g/mol. The molecule has 2 heterocycles. The van der Waals surface area contributed by atoms with Crippen molar-refractivity contribution in [1.82, 2.24) is 14.9 Å². The maximum atomic E-state index is 12.8. The highest BCUT2D eigenvalue weighted by atomic mass is 16.2. The van der Waals surface area contributed by atoms with Crippen molar-refractivity contribution in [2.45, 2.75) is 45.1 Å². The van der Waals surface area contributed by atoms with E-state index in [1.54, 1.807) is 12.4 Å². The quantitative estimate of drug-likeness (QED) is 0.818. The number of fused-ring (bicyclic) bond motifs is 1. The number of rotatable bonds is 5. The van der Waals surface area contributed by atoms with Gasteiger partial charge in [0, 0.05) is 32.0 Å². The summed E-state index contributed by atoms with van der Waals surface area (Å²) < 4.78 is 0. The van der Waals surface area contributed by atoms with Gasteiger partial charge in [0.2, 0.25) is 5.95 Å². The number of benzene rings is 1. The molecule has 1 aliphatic heterocycles. The monoisotopic (exact) mass is 362 g/mol. The molecule has 0 fully saturated rings. The molecule has 140 valence electrons. The molecule has 1 amide bonds. The van der Waals surface area contributed by atoms with Gasteiger partial charge in [-0.2, -0.15) is 0 Å². The van der Waals surface area contributed by atoms with E-state index >= 15 is 0 Å². The molecule has 0 atom stereocenters. The number of nitrogens with one attached hydrogen (secondary N) is 1. The summed E-state index contributed by atoms with van der Waals surface area (Å²) >= 11 is 0. The zero-order valence-electron chi connectivity index (χ0n) is 15.7. The van der Waals surface area contributed by atoms with E-state index in [4.69, 9.17) is 0 Å². The number of carbonyl (C=O) groups is 1. The lowest BCUT2D eigenvalue weighted by atomic mass is 9.97. The minimum Gasteiger partial charge on any atom is -0.354 e. The van der Waals surface area contributed by atoms with Crippen LogP contribution in [0.25, 0.3) is 0 Å². The van der Waals surface area contributed by atoms with Crippen LogP contribution in [0, 0.1) is 0 Å². The first-order chi connectivity index (χ1) is 13.3. The highest BCUT2D eigenvalue weighted by Gasteiger charge is 2.22. The van der Waals surface area contributed by atoms with Gasteiger partial charge >= 0.3 is 0 Å². The molecule has 5 nitrogen and oxygen atoms in total. The largest absolute Gasteiger partial charge is 0.354 e. The summed E-state index contributed by atoms with van der Waals surface area (Å²) in [5.41, 5.74) is 4.65. The Morgan fingerprint density at radius 2 is 1.89 bits per heavy atom. The molecule has 2 aliphatic rings. The third-order valence-electron chi connectivity index (χ3n) is 5.43. The summed E-state index contributed by atoms with van der Waals surface area (Å²) in [6.07, 6.45) is 12.6. The Bertz CT molecular complexity index is 828. The summed E-state index contributed by atoms with van der Waals surface area (Å²) in [5, 5.41) is 3.26. The molecule has 0 saturated carbocycles. The lowest BCUT2D eigenvalue weighted by molar-refractivity contribution is 0.0734. The van der Waals surface area contributed by atoms with Crippen LogP contribution in [-0.2, 0) is 13.0 Å². The van der Waals surface area contributed by atoms with E-state index in [1.165, 1.54) is 42.4 Å². The summed E-state index contributed by atoms with van der Waals surface area (Å²) in [6.45, 7) is 2.23. The SMILES string of the molecule is O=C(c1cnc(NCCC2=CCCCC2)nc1)N1CCc2ccccc2C1. The maximum Gasteiger partial charge on any atom is 0.257 e.